The molecule has 0 aromatic heterocycles. The van der Waals surface area contributed by atoms with Crippen molar-refractivity contribution in [1.82, 2.24) is 9.84 Å². The molecule has 6 heteroatoms. The van der Waals surface area contributed by atoms with E-state index in [0.717, 1.165) is 6.54 Å². The molecule has 1 aliphatic rings. The first kappa shape index (κ1) is 8.89. The van der Waals surface area contributed by atoms with Gasteiger partial charge in [-0.2, -0.15) is 4.41 Å². The van der Waals surface area contributed by atoms with Crippen LogP contribution in [0.3, 0.4) is 0 Å². The molecule has 11 heavy (non-hydrogen) atoms. The number of rotatable bonds is 2. The molecule has 0 aromatic carbocycles. The van der Waals surface area contributed by atoms with E-state index in [2.05, 4.69) is 21.4 Å². The minimum atomic E-state index is -0.944. The molecule has 0 fully saturated rings. The highest BCUT2D eigenvalue weighted by molar-refractivity contribution is 9.14. The third kappa shape index (κ3) is 1.88. The van der Waals surface area contributed by atoms with Gasteiger partial charge in [-0.05, 0) is 34.8 Å². The lowest BCUT2D eigenvalue weighted by Gasteiger charge is -2.10. The maximum absolute atomic E-state index is 10.5. The summed E-state index contributed by atoms with van der Waals surface area (Å²) in [5.74, 6) is -0.944. The first-order chi connectivity index (χ1) is 5.15. The van der Waals surface area contributed by atoms with E-state index in [1.54, 1.807) is 4.41 Å². The summed E-state index contributed by atoms with van der Waals surface area (Å²) >= 11 is 4.48. The Morgan fingerprint density at radius 2 is 2.55 bits per heavy atom. The number of aliphatic carboxylic acids is 1. The Bertz CT molecular complexity index is 219. The van der Waals surface area contributed by atoms with Crippen LogP contribution in [-0.4, -0.2) is 22.0 Å². The number of nitrogens with one attached hydrogen (secondary N) is 1. The summed E-state index contributed by atoms with van der Waals surface area (Å²) in [6, 6.07) is 0. The molecular formula is C5H7BrN2O2S. The van der Waals surface area contributed by atoms with E-state index < -0.39 is 5.97 Å². The van der Waals surface area contributed by atoms with Gasteiger partial charge in [-0.3, -0.25) is 0 Å². The second-order valence-corrected chi connectivity index (χ2v) is 4.20. The average molecular weight is 239 g/mol. The van der Waals surface area contributed by atoms with Crippen molar-refractivity contribution in [2.45, 2.75) is 6.92 Å². The van der Waals surface area contributed by atoms with Gasteiger partial charge < -0.3 is 10.5 Å². The van der Waals surface area contributed by atoms with E-state index >= 15 is 0 Å². The Morgan fingerprint density at radius 1 is 1.91 bits per heavy atom. The molecule has 0 radical (unpaired) electrons. The lowest BCUT2D eigenvalue weighted by molar-refractivity contribution is -0.133. The highest BCUT2D eigenvalue weighted by Crippen LogP contribution is 2.33. The highest BCUT2D eigenvalue weighted by atomic mass is 79.9. The SMILES string of the molecule is CCN1NC(C(=O)O)=C(Br)S1. The van der Waals surface area contributed by atoms with E-state index in [9.17, 15) is 4.79 Å². The molecule has 0 bridgehead atoms. The number of carboxylic acids is 1. The van der Waals surface area contributed by atoms with Crippen LogP contribution < -0.4 is 5.43 Å². The molecule has 0 atom stereocenters. The number of carbonyl (C=O) groups is 1. The standard InChI is InChI=1S/C5H7BrN2O2S/c1-2-8-7-3(5(9)10)4(6)11-8/h7H,2H2,1H3,(H,9,10). The fraction of sp³-hybridized carbons (Fsp3) is 0.400. The fourth-order valence-corrected chi connectivity index (χ4v) is 2.08. The molecule has 4 nitrogen and oxygen atoms in total. The molecule has 0 saturated heterocycles. The van der Waals surface area contributed by atoms with Crippen LogP contribution >= 0.6 is 27.9 Å². The van der Waals surface area contributed by atoms with E-state index in [1.807, 2.05) is 6.92 Å². The second-order valence-electron chi connectivity index (χ2n) is 1.85. The van der Waals surface area contributed by atoms with Gasteiger partial charge in [0.05, 0.1) is 3.81 Å². The zero-order chi connectivity index (χ0) is 8.43. The van der Waals surface area contributed by atoms with E-state index in [1.165, 1.54) is 11.9 Å². The van der Waals surface area contributed by atoms with E-state index in [4.69, 9.17) is 5.11 Å². The van der Waals surface area contributed by atoms with Crippen LogP contribution in [0.4, 0.5) is 0 Å². The number of hydrogen-bond donors (Lipinski definition) is 2. The van der Waals surface area contributed by atoms with Crippen molar-refractivity contribution < 1.29 is 9.90 Å². The third-order valence-electron chi connectivity index (χ3n) is 1.12. The van der Waals surface area contributed by atoms with Crippen LogP contribution in [0, 0.1) is 0 Å². The quantitative estimate of drug-likeness (QED) is 0.707. The summed E-state index contributed by atoms with van der Waals surface area (Å²) in [6.07, 6.45) is 0. The van der Waals surface area contributed by atoms with Gasteiger partial charge in [0.1, 0.15) is 0 Å². The largest absolute Gasteiger partial charge is 0.476 e. The van der Waals surface area contributed by atoms with Gasteiger partial charge >= 0.3 is 5.97 Å². The van der Waals surface area contributed by atoms with Crippen molar-refractivity contribution in [3.05, 3.63) is 9.51 Å². The normalized spacial score (nSPS) is 18.7. The van der Waals surface area contributed by atoms with E-state index in [-0.39, 0.29) is 5.70 Å². The molecule has 0 unspecified atom stereocenters. The first-order valence-corrected chi connectivity index (χ1v) is 4.57. The zero-order valence-corrected chi connectivity index (χ0v) is 8.20. The van der Waals surface area contributed by atoms with Crippen LogP contribution in [0.5, 0.6) is 0 Å². The van der Waals surface area contributed by atoms with Crippen molar-refractivity contribution in [3.63, 3.8) is 0 Å². The third-order valence-corrected chi connectivity index (χ3v) is 2.89. The number of hydrazine groups is 1. The lowest BCUT2D eigenvalue weighted by atomic mass is 10.5. The molecule has 0 saturated carbocycles. The maximum Gasteiger partial charge on any atom is 0.355 e. The smallest absolute Gasteiger partial charge is 0.355 e. The number of carboxylic acid groups (broad SMARTS) is 1. The Labute approximate surface area is 76.9 Å². The Kier molecular flexibility index (Phi) is 2.80. The summed E-state index contributed by atoms with van der Waals surface area (Å²) < 4.78 is 2.35. The van der Waals surface area contributed by atoms with Crippen LogP contribution in [0.1, 0.15) is 6.92 Å². The Hall–Kier alpha value is -0.200. The average Bonchev–Trinajstić information content (AvgIpc) is 2.30. The molecule has 1 aliphatic heterocycles. The maximum atomic E-state index is 10.5. The lowest BCUT2D eigenvalue weighted by Crippen LogP contribution is -2.29. The summed E-state index contributed by atoms with van der Waals surface area (Å²) in [7, 11) is 0. The van der Waals surface area contributed by atoms with Crippen LogP contribution in [0.2, 0.25) is 0 Å². The van der Waals surface area contributed by atoms with Gasteiger partial charge in [0, 0.05) is 6.54 Å². The van der Waals surface area contributed by atoms with Gasteiger partial charge in [0.2, 0.25) is 0 Å². The van der Waals surface area contributed by atoms with Crippen molar-refractivity contribution >= 4 is 33.8 Å². The predicted molar refractivity (Wildman–Crippen MR) is 46.7 cm³/mol. The predicted octanol–water partition coefficient (Wildman–Crippen LogP) is 1.12. The summed E-state index contributed by atoms with van der Waals surface area (Å²) in [4.78, 5) is 10.5. The van der Waals surface area contributed by atoms with Gasteiger partial charge in [-0.25, -0.2) is 4.79 Å². The monoisotopic (exact) mass is 238 g/mol. The van der Waals surface area contributed by atoms with Gasteiger partial charge in [0.15, 0.2) is 5.70 Å². The molecule has 2 N–H and O–H groups in total. The molecule has 0 spiro atoms. The zero-order valence-electron chi connectivity index (χ0n) is 5.80. The second kappa shape index (κ2) is 3.46. The van der Waals surface area contributed by atoms with Gasteiger partial charge in [0.25, 0.3) is 0 Å². The summed E-state index contributed by atoms with van der Waals surface area (Å²) in [6.45, 7) is 2.68. The topological polar surface area (TPSA) is 52.6 Å². The number of hydrogen-bond acceptors (Lipinski definition) is 4. The van der Waals surface area contributed by atoms with Crippen LogP contribution in [0.25, 0.3) is 0 Å². The summed E-state index contributed by atoms with van der Waals surface area (Å²) in [5, 5.41) is 8.61. The first-order valence-electron chi connectivity index (χ1n) is 3.00. The van der Waals surface area contributed by atoms with Crippen molar-refractivity contribution in [3.8, 4) is 0 Å². The van der Waals surface area contributed by atoms with Gasteiger partial charge in [-0.1, -0.05) is 0 Å². The van der Waals surface area contributed by atoms with Crippen LogP contribution in [0.15, 0.2) is 9.51 Å². The van der Waals surface area contributed by atoms with E-state index in [0.29, 0.717) is 3.81 Å². The molecular weight excluding hydrogens is 232 g/mol. The van der Waals surface area contributed by atoms with Crippen molar-refractivity contribution in [1.29, 1.82) is 0 Å². The molecule has 0 aromatic rings. The minimum absolute atomic E-state index is 0.205. The van der Waals surface area contributed by atoms with Crippen molar-refractivity contribution in [2.75, 3.05) is 6.54 Å². The molecule has 1 rings (SSSR count). The van der Waals surface area contributed by atoms with Gasteiger partial charge in [-0.15, -0.1) is 0 Å². The van der Waals surface area contributed by atoms with Crippen LogP contribution in [-0.2, 0) is 4.79 Å². The van der Waals surface area contributed by atoms with Crippen molar-refractivity contribution in [2.24, 2.45) is 0 Å². The molecule has 0 amide bonds. The molecule has 1 heterocycles. The minimum Gasteiger partial charge on any atom is -0.476 e. The highest BCUT2D eigenvalue weighted by Gasteiger charge is 2.24. The fourth-order valence-electron chi connectivity index (χ4n) is 0.609. The molecule has 0 aliphatic carbocycles. The molecule has 62 valence electrons. The number of halogens is 1. The Balaban J connectivity index is 2.67. The number of nitrogens with zero attached hydrogens (tertiary/aromatic N) is 1. The summed E-state index contributed by atoms with van der Waals surface area (Å²) in [5.41, 5.74) is 2.92. The Morgan fingerprint density at radius 3 is 2.82 bits per heavy atom.